The minimum absolute atomic E-state index is 0.0498. The Morgan fingerprint density at radius 2 is 1.69 bits per heavy atom. The summed E-state index contributed by atoms with van der Waals surface area (Å²) >= 11 is 1.62. The van der Waals surface area contributed by atoms with E-state index in [-0.39, 0.29) is 23.2 Å². The summed E-state index contributed by atoms with van der Waals surface area (Å²) in [4.78, 5) is 39.1. The molecule has 0 unspecified atom stereocenters. The maximum atomic E-state index is 13.0. The van der Waals surface area contributed by atoms with Gasteiger partial charge in [-0.05, 0) is 74.7 Å². The van der Waals surface area contributed by atoms with E-state index in [4.69, 9.17) is 0 Å². The lowest BCUT2D eigenvalue weighted by atomic mass is 9.72. The van der Waals surface area contributed by atoms with Gasteiger partial charge in [-0.25, -0.2) is 0 Å². The molecule has 6 nitrogen and oxygen atoms in total. The number of amides is 2. The summed E-state index contributed by atoms with van der Waals surface area (Å²) in [6, 6.07) is 0. The molecule has 2 fully saturated rings. The van der Waals surface area contributed by atoms with Crippen molar-refractivity contribution in [2.45, 2.75) is 66.7 Å². The first-order valence-electron chi connectivity index (χ1n) is 11.6. The molecule has 0 aromatic carbocycles. The molecular formula is C25H34N2O4S. The average molecular weight is 459 g/mol. The van der Waals surface area contributed by atoms with Crippen LogP contribution in [0, 0.1) is 35.0 Å². The Bertz CT molecular complexity index is 983. The fourth-order valence-corrected chi connectivity index (χ4v) is 7.48. The number of hydrazine groups is 1. The Morgan fingerprint density at radius 3 is 2.28 bits per heavy atom. The SMILES string of the molecule is CC(C)=C1[C@H]2CC[C@H]1[C@H](C(=O)NNC(=O)c1csc3c1CC[C@@H](C(C)(C)C)C3)[C@H]2C(=O)O. The molecule has 2 bridgehead atoms. The minimum Gasteiger partial charge on any atom is -0.481 e. The number of aliphatic carboxylic acids is 1. The second-order valence-electron chi connectivity index (χ2n) is 10.9. The molecular weight excluding hydrogens is 424 g/mol. The second kappa shape index (κ2) is 8.32. The lowest BCUT2D eigenvalue weighted by Gasteiger charge is -2.34. The smallest absolute Gasteiger partial charge is 0.307 e. The summed E-state index contributed by atoms with van der Waals surface area (Å²) in [6.07, 6.45) is 4.55. The van der Waals surface area contributed by atoms with Crippen molar-refractivity contribution >= 4 is 29.1 Å². The molecule has 174 valence electrons. The highest BCUT2D eigenvalue weighted by atomic mass is 32.1. The van der Waals surface area contributed by atoms with Crippen LogP contribution in [0.15, 0.2) is 16.5 Å². The lowest BCUT2D eigenvalue weighted by Crippen LogP contribution is -2.48. The van der Waals surface area contributed by atoms with Gasteiger partial charge in [-0.2, -0.15) is 0 Å². The highest BCUT2D eigenvalue weighted by molar-refractivity contribution is 7.10. The van der Waals surface area contributed by atoms with Gasteiger partial charge in [0.05, 0.1) is 17.4 Å². The van der Waals surface area contributed by atoms with E-state index in [1.807, 2.05) is 19.2 Å². The lowest BCUT2D eigenvalue weighted by molar-refractivity contribution is -0.149. The molecule has 1 aromatic heterocycles. The minimum atomic E-state index is -0.928. The first kappa shape index (κ1) is 23.0. The number of allylic oxidation sites excluding steroid dienone is 2. The molecule has 3 aliphatic carbocycles. The number of rotatable bonds is 3. The molecule has 3 aliphatic rings. The number of hydrogen-bond acceptors (Lipinski definition) is 4. The van der Waals surface area contributed by atoms with Crippen molar-refractivity contribution in [2.24, 2.45) is 35.0 Å². The molecule has 3 N–H and O–H groups in total. The zero-order chi connectivity index (χ0) is 23.4. The van der Waals surface area contributed by atoms with E-state index in [1.54, 1.807) is 11.3 Å². The van der Waals surface area contributed by atoms with Gasteiger partial charge in [0.1, 0.15) is 0 Å². The first-order chi connectivity index (χ1) is 15.0. The number of carbonyl (C=O) groups is 3. The highest BCUT2D eigenvalue weighted by Gasteiger charge is 2.57. The molecule has 2 amide bonds. The normalized spacial score (nSPS) is 28.9. The van der Waals surface area contributed by atoms with Crippen molar-refractivity contribution < 1.29 is 19.5 Å². The molecule has 5 atom stereocenters. The van der Waals surface area contributed by atoms with Crippen LogP contribution in [-0.2, 0) is 22.4 Å². The van der Waals surface area contributed by atoms with Crippen LogP contribution in [0.25, 0.3) is 0 Å². The first-order valence-corrected chi connectivity index (χ1v) is 12.5. The Balaban J connectivity index is 1.44. The molecule has 0 spiro atoms. The Labute approximate surface area is 193 Å². The largest absolute Gasteiger partial charge is 0.481 e. The molecule has 32 heavy (non-hydrogen) atoms. The molecule has 7 heteroatoms. The van der Waals surface area contributed by atoms with Crippen molar-refractivity contribution in [2.75, 3.05) is 0 Å². The van der Waals surface area contributed by atoms with E-state index in [2.05, 4.69) is 31.6 Å². The maximum Gasteiger partial charge on any atom is 0.307 e. The second-order valence-corrected chi connectivity index (χ2v) is 11.9. The van der Waals surface area contributed by atoms with Crippen LogP contribution in [0.2, 0.25) is 0 Å². The van der Waals surface area contributed by atoms with Gasteiger partial charge in [0.15, 0.2) is 0 Å². The Hall–Kier alpha value is -2.15. The number of fused-ring (bicyclic) bond motifs is 3. The van der Waals surface area contributed by atoms with Gasteiger partial charge in [0, 0.05) is 10.3 Å². The number of carboxylic acids is 1. The maximum absolute atomic E-state index is 13.0. The molecule has 0 aliphatic heterocycles. The van der Waals surface area contributed by atoms with E-state index in [0.29, 0.717) is 11.5 Å². The van der Waals surface area contributed by atoms with Crippen molar-refractivity contribution in [3.05, 3.63) is 32.5 Å². The molecule has 0 radical (unpaired) electrons. The van der Waals surface area contributed by atoms with Gasteiger partial charge >= 0.3 is 5.97 Å². The fourth-order valence-electron chi connectivity index (χ4n) is 6.32. The summed E-state index contributed by atoms with van der Waals surface area (Å²) in [5.74, 6) is -2.53. The monoisotopic (exact) mass is 458 g/mol. The zero-order valence-electron chi connectivity index (χ0n) is 19.6. The summed E-state index contributed by atoms with van der Waals surface area (Å²) in [7, 11) is 0. The average Bonchev–Trinajstić information content (AvgIpc) is 3.41. The summed E-state index contributed by atoms with van der Waals surface area (Å²) in [5.41, 5.74) is 9.34. The van der Waals surface area contributed by atoms with Gasteiger partial charge in [-0.15, -0.1) is 11.3 Å². The fraction of sp³-hybridized carbons (Fsp3) is 0.640. The van der Waals surface area contributed by atoms with Gasteiger partial charge in [0.2, 0.25) is 5.91 Å². The highest BCUT2D eigenvalue weighted by Crippen LogP contribution is 2.57. The standard InChI is InChI=1S/C25H34N2O4S/c1-12(2)19-15-8-9-16(19)21(24(30)31)20(15)23(29)27-26-22(28)17-11-32-18-10-13(25(3,4)5)6-7-14(17)18/h11,13,15-16,20-21H,6-10H2,1-5H3,(H,26,28)(H,27,29)(H,30,31)/t13-,15-,16-,20+,21+/m1/s1. The summed E-state index contributed by atoms with van der Waals surface area (Å²) in [5, 5.41) is 11.7. The van der Waals surface area contributed by atoms with E-state index in [9.17, 15) is 19.5 Å². The number of thiophene rings is 1. The van der Waals surface area contributed by atoms with Crippen molar-refractivity contribution in [3.8, 4) is 0 Å². The number of nitrogens with one attached hydrogen (secondary N) is 2. The summed E-state index contributed by atoms with van der Waals surface area (Å²) < 4.78 is 0. The number of hydrogen-bond donors (Lipinski definition) is 3. The predicted octanol–water partition coefficient (Wildman–Crippen LogP) is 4.35. The molecule has 4 rings (SSSR count). The third-order valence-corrected chi connectivity index (χ3v) is 8.98. The third-order valence-electron chi connectivity index (χ3n) is 7.93. The third kappa shape index (κ3) is 3.89. The van der Waals surface area contributed by atoms with Crippen LogP contribution in [0.3, 0.4) is 0 Å². The molecule has 1 heterocycles. The van der Waals surface area contributed by atoms with Crippen LogP contribution in [0.1, 0.15) is 74.7 Å². The Kier molecular flexibility index (Phi) is 5.99. The number of carbonyl (C=O) groups excluding carboxylic acids is 2. The van der Waals surface area contributed by atoms with Gasteiger partial charge < -0.3 is 5.11 Å². The van der Waals surface area contributed by atoms with Crippen molar-refractivity contribution in [1.82, 2.24) is 10.9 Å². The molecule has 0 saturated heterocycles. The van der Waals surface area contributed by atoms with Gasteiger partial charge in [-0.3, -0.25) is 25.2 Å². The van der Waals surface area contributed by atoms with Crippen LogP contribution in [0.4, 0.5) is 0 Å². The number of carboxylic acid groups (broad SMARTS) is 1. The van der Waals surface area contributed by atoms with Crippen LogP contribution < -0.4 is 10.9 Å². The van der Waals surface area contributed by atoms with Gasteiger partial charge in [-0.1, -0.05) is 31.9 Å². The predicted molar refractivity (Wildman–Crippen MR) is 124 cm³/mol. The topological polar surface area (TPSA) is 95.5 Å². The Morgan fingerprint density at radius 1 is 1.03 bits per heavy atom. The molecule has 2 saturated carbocycles. The summed E-state index contributed by atoms with van der Waals surface area (Å²) in [6.45, 7) is 10.8. The van der Waals surface area contributed by atoms with Gasteiger partial charge in [0.25, 0.3) is 5.91 Å². The van der Waals surface area contributed by atoms with Crippen LogP contribution in [0.5, 0.6) is 0 Å². The molecule has 1 aromatic rings. The van der Waals surface area contributed by atoms with Crippen LogP contribution in [-0.4, -0.2) is 22.9 Å². The quantitative estimate of drug-likeness (QED) is 0.463. The van der Waals surface area contributed by atoms with E-state index < -0.39 is 23.7 Å². The van der Waals surface area contributed by atoms with Crippen molar-refractivity contribution in [3.63, 3.8) is 0 Å². The zero-order valence-corrected chi connectivity index (χ0v) is 20.4. The van der Waals surface area contributed by atoms with E-state index in [0.717, 1.165) is 48.8 Å². The van der Waals surface area contributed by atoms with Crippen LogP contribution >= 0.6 is 11.3 Å². The van der Waals surface area contributed by atoms with E-state index in [1.165, 1.54) is 4.88 Å². The van der Waals surface area contributed by atoms with E-state index >= 15 is 0 Å². The van der Waals surface area contributed by atoms with Crippen molar-refractivity contribution in [1.29, 1.82) is 0 Å².